The van der Waals surface area contributed by atoms with Crippen LogP contribution in [0.2, 0.25) is 0 Å². The van der Waals surface area contributed by atoms with Crippen molar-refractivity contribution >= 4 is 33.0 Å². The topological polar surface area (TPSA) is 15.3 Å². The molecule has 1 aromatic heterocycles. The number of thiophene rings is 1. The van der Waals surface area contributed by atoms with E-state index in [4.69, 9.17) is 0 Å². The van der Waals surface area contributed by atoms with Gasteiger partial charge in [-0.3, -0.25) is 4.90 Å². The van der Waals surface area contributed by atoms with Crippen LogP contribution in [0.25, 0.3) is 0 Å². The van der Waals surface area contributed by atoms with Gasteiger partial charge in [0.15, 0.2) is 0 Å². The Morgan fingerprint density at radius 3 is 2.81 bits per heavy atom. The van der Waals surface area contributed by atoms with Gasteiger partial charge in [0, 0.05) is 21.6 Å². The maximum atomic E-state index is 3.62. The molecule has 4 heteroatoms. The van der Waals surface area contributed by atoms with E-state index in [9.17, 15) is 0 Å². The van der Waals surface area contributed by atoms with Gasteiger partial charge in [0.2, 0.25) is 0 Å². The molecule has 0 radical (unpaired) electrons. The van der Waals surface area contributed by atoms with Crippen LogP contribution < -0.4 is 5.32 Å². The zero-order valence-electron chi connectivity index (χ0n) is 12.3. The van der Waals surface area contributed by atoms with Crippen molar-refractivity contribution in [2.75, 3.05) is 18.4 Å². The summed E-state index contributed by atoms with van der Waals surface area (Å²) in [4.78, 5) is 3.89. The lowest BCUT2D eigenvalue weighted by Gasteiger charge is -2.18. The van der Waals surface area contributed by atoms with Gasteiger partial charge >= 0.3 is 0 Å². The molecule has 1 aromatic carbocycles. The molecule has 0 saturated carbocycles. The van der Waals surface area contributed by atoms with E-state index in [0.29, 0.717) is 6.04 Å². The smallest absolute Gasteiger partial charge is 0.0589 e. The molecule has 21 heavy (non-hydrogen) atoms. The van der Waals surface area contributed by atoms with Gasteiger partial charge in [-0.25, -0.2) is 0 Å². The Morgan fingerprint density at radius 2 is 2.10 bits per heavy atom. The second kappa shape index (κ2) is 6.95. The lowest BCUT2D eigenvalue weighted by molar-refractivity contribution is 0.331. The number of likely N-dealkylation sites (tertiary alicyclic amines) is 1. The third-order valence-corrected chi connectivity index (χ3v) is 6.01. The highest BCUT2D eigenvalue weighted by molar-refractivity contribution is 9.10. The van der Waals surface area contributed by atoms with E-state index in [-0.39, 0.29) is 0 Å². The molecule has 1 saturated heterocycles. The largest absolute Gasteiger partial charge is 0.378 e. The number of hydrogen-bond donors (Lipinski definition) is 1. The maximum absolute atomic E-state index is 3.62. The minimum absolute atomic E-state index is 0.321. The zero-order valence-corrected chi connectivity index (χ0v) is 14.7. The Morgan fingerprint density at radius 1 is 1.29 bits per heavy atom. The van der Waals surface area contributed by atoms with Crippen molar-refractivity contribution in [3.8, 4) is 0 Å². The average molecular weight is 365 g/mol. The normalized spacial score (nSPS) is 17.0. The average Bonchev–Trinajstić information content (AvgIpc) is 3.10. The fourth-order valence-electron chi connectivity index (χ4n) is 2.89. The third kappa shape index (κ3) is 3.87. The minimum Gasteiger partial charge on any atom is -0.378 e. The number of benzene rings is 1. The van der Waals surface area contributed by atoms with Gasteiger partial charge in [0.05, 0.1) is 6.04 Å². The molecule has 3 rings (SSSR count). The van der Waals surface area contributed by atoms with Gasteiger partial charge in [-0.05, 0) is 77.9 Å². The fraction of sp³-hybridized carbons (Fsp3) is 0.412. The number of nitrogens with one attached hydrogen (secondary N) is 1. The first-order valence-corrected chi connectivity index (χ1v) is 9.20. The first-order valence-electron chi connectivity index (χ1n) is 7.53. The van der Waals surface area contributed by atoms with Crippen molar-refractivity contribution in [3.63, 3.8) is 0 Å². The van der Waals surface area contributed by atoms with Crippen LogP contribution in [0, 0.1) is 0 Å². The lowest BCUT2D eigenvalue weighted by atomic mass is 10.1. The van der Waals surface area contributed by atoms with Gasteiger partial charge in [0.25, 0.3) is 0 Å². The van der Waals surface area contributed by atoms with Gasteiger partial charge < -0.3 is 5.32 Å². The molecule has 112 valence electrons. The highest BCUT2D eigenvalue weighted by Crippen LogP contribution is 2.31. The zero-order chi connectivity index (χ0) is 14.7. The molecule has 1 unspecified atom stereocenters. The molecule has 0 spiro atoms. The molecule has 2 aromatic rings. The van der Waals surface area contributed by atoms with Gasteiger partial charge in [-0.1, -0.05) is 12.1 Å². The number of halogens is 1. The predicted molar refractivity (Wildman–Crippen MR) is 95.0 cm³/mol. The van der Waals surface area contributed by atoms with Crippen molar-refractivity contribution in [1.29, 1.82) is 0 Å². The van der Waals surface area contributed by atoms with Crippen LogP contribution in [-0.2, 0) is 6.54 Å². The molecular formula is C17H21BrN2S. The van der Waals surface area contributed by atoms with E-state index < -0.39 is 0 Å². The summed E-state index contributed by atoms with van der Waals surface area (Å²) in [7, 11) is 0. The quantitative estimate of drug-likeness (QED) is 0.776. The Labute approximate surface area is 139 Å². The van der Waals surface area contributed by atoms with Crippen molar-refractivity contribution in [2.24, 2.45) is 0 Å². The summed E-state index contributed by atoms with van der Waals surface area (Å²) in [5, 5.41) is 5.74. The van der Waals surface area contributed by atoms with E-state index >= 15 is 0 Å². The molecule has 0 bridgehead atoms. The van der Waals surface area contributed by atoms with Crippen LogP contribution in [0.15, 0.2) is 40.2 Å². The first-order chi connectivity index (χ1) is 10.2. The van der Waals surface area contributed by atoms with Crippen LogP contribution >= 0.6 is 27.3 Å². The van der Waals surface area contributed by atoms with Crippen LogP contribution in [0.5, 0.6) is 0 Å². The molecule has 1 fully saturated rings. The number of anilines is 1. The van der Waals surface area contributed by atoms with E-state index in [2.05, 4.69) is 68.8 Å². The second-order valence-electron chi connectivity index (χ2n) is 5.68. The highest BCUT2D eigenvalue weighted by atomic mass is 79.9. The van der Waals surface area contributed by atoms with E-state index in [1.807, 2.05) is 0 Å². The lowest BCUT2D eigenvalue weighted by Crippen LogP contribution is -2.18. The number of hydrogen-bond acceptors (Lipinski definition) is 3. The maximum Gasteiger partial charge on any atom is 0.0589 e. The molecule has 0 amide bonds. The van der Waals surface area contributed by atoms with Crippen LogP contribution in [-0.4, -0.2) is 18.0 Å². The predicted octanol–water partition coefficient (Wildman–Crippen LogP) is 5.28. The first kappa shape index (κ1) is 15.1. The molecule has 1 aliphatic heterocycles. The molecule has 1 atom stereocenters. The highest BCUT2D eigenvalue weighted by Gasteiger charge is 2.13. The van der Waals surface area contributed by atoms with Crippen LogP contribution in [0.1, 0.15) is 36.2 Å². The summed E-state index contributed by atoms with van der Waals surface area (Å²) in [6.07, 6.45) is 2.70. The summed E-state index contributed by atoms with van der Waals surface area (Å²) in [5.74, 6) is 0. The van der Waals surface area contributed by atoms with Crippen molar-refractivity contribution in [3.05, 3.63) is 50.6 Å². The summed E-state index contributed by atoms with van der Waals surface area (Å²) in [6, 6.07) is 11.3. The van der Waals surface area contributed by atoms with Crippen molar-refractivity contribution in [2.45, 2.75) is 32.4 Å². The molecule has 2 nitrogen and oxygen atoms in total. The van der Waals surface area contributed by atoms with Crippen molar-refractivity contribution < 1.29 is 0 Å². The Kier molecular flexibility index (Phi) is 4.99. The number of rotatable bonds is 5. The summed E-state index contributed by atoms with van der Waals surface area (Å²) >= 11 is 5.41. The van der Waals surface area contributed by atoms with E-state index in [0.717, 1.165) is 6.54 Å². The Bertz CT molecular complexity index is 590. The van der Waals surface area contributed by atoms with Crippen LogP contribution in [0.4, 0.5) is 5.69 Å². The molecule has 2 heterocycles. The fourth-order valence-corrected chi connectivity index (χ4v) is 4.61. The standard InChI is InChI=1S/C17H21BrN2S/c1-13(17-16(18)7-10-21-17)19-15-6-4-5-14(11-15)12-20-8-2-3-9-20/h4-7,10-11,13,19H,2-3,8-9,12H2,1H3. The van der Waals surface area contributed by atoms with E-state index in [1.54, 1.807) is 11.3 Å². The third-order valence-electron chi connectivity index (χ3n) is 3.95. The summed E-state index contributed by atoms with van der Waals surface area (Å²) in [5.41, 5.74) is 2.61. The molecule has 1 aliphatic rings. The SMILES string of the molecule is CC(Nc1cccc(CN2CCCC2)c1)c1sccc1Br. The van der Waals surface area contributed by atoms with Gasteiger partial charge in [0.1, 0.15) is 0 Å². The molecule has 1 N–H and O–H groups in total. The van der Waals surface area contributed by atoms with Crippen LogP contribution in [0.3, 0.4) is 0 Å². The summed E-state index contributed by atoms with van der Waals surface area (Å²) in [6.45, 7) is 5.78. The summed E-state index contributed by atoms with van der Waals surface area (Å²) < 4.78 is 1.20. The Balaban J connectivity index is 1.66. The number of nitrogens with zero attached hydrogens (tertiary/aromatic N) is 1. The molecule has 0 aliphatic carbocycles. The van der Waals surface area contributed by atoms with Gasteiger partial charge in [-0.2, -0.15) is 0 Å². The Hall–Kier alpha value is -0.840. The van der Waals surface area contributed by atoms with Crippen molar-refractivity contribution in [1.82, 2.24) is 4.90 Å². The van der Waals surface area contributed by atoms with E-state index in [1.165, 1.54) is 46.5 Å². The minimum atomic E-state index is 0.321. The molecular weight excluding hydrogens is 344 g/mol. The monoisotopic (exact) mass is 364 g/mol. The van der Waals surface area contributed by atoms with Gasteiger partial charge in [-0.15, -0.1) is 11.3 Å². The second-order valence-corrected chi connectivity index (χ2v) is 7.48.